The predicted octanol–water partition coefficient (Wildman–Crippen LogP) is 3.14. The average Bonchev–Trinajstić information content (AvgIpc) is 2.40. The SMILES string of the molecule is Clc1ccc(Cl)c(OCCNC2CCOCC2)c1. The van der Waals surface area contributed by atoms with Gasteiger partial charge in [-0.25, -0.2) is 0 Å². The summed E-state index contributed by atoms with van der Waals surface area (Å²) in [7, 11) is 0. The molecular weight excluding hydrogens is 273 g/mol. The van der Waals surface area contributed by atoms with E-state index in [2.05, 4.69) is 5.32 Å². The monoisotopic (exact) mass is 289 g/mol. The van der Waals surface area contributed by atoms with Crippen LogP contribution in [0.4, 0.5) is 0 Å². The summed E-state index contributed by atoms with van der Waals surface area (Å²) < 4.78 is 10.9. The predicted molar refractivity (Wildman–Crippen MR) is 73.8 cm³/mol. The maximum Gasteiger partial charge on any atom is 0.139 e. The van der Waals surface area contributed by atoms with Crippen LogP contribution in [0.25, 0.3) is 0 Å². The van der Waals surface area contributed by atoms with Gasteiger partial charge in [0.05, 0.1) is 5.02 Å². The maximum atomic E-state index is 6.00. The molecule has 0 radical (unpaired) electrons. The van der Waals surface area contributed by atoms with Crippen molar-refractivity contribution in [3.63, 3.8) is 0 Å². The molecule has 1 aliphatic heterocycles. The maximum absolute atomic E-state index is 6.00. The van der Waals surface area contributed by atoms with Crippen molar-refractivity contribution in [1.82, 2.24) is 5.32 Å². The molecule has 1 aromatic rings. The van der Waals surface area contributed by atoms with E-state index in [0.29, 0.717) is 28.4 Å². The third-order valence-corrected chi connectivity index (χ3v) is 3.45. The van der Waals surface area contributed by atoms with Crippen molar-refractivity contribution in [3.05, 3.63) is 28.2 Å². The Morgan fingerprint density at radius 2 is 2.06 bits per heavy atom. The summed E-state index contributed by atoms with van der Waals surface area (Å²) in [6.07, 6.45) is 2.13. The third kappa shape index (κ3) is 4.32. The number of ether oxygens (including phenoxy) is 2. The first-order valence-corrected chi connectivity index (χ1v) is 6.90. The minimum Gasteiger partial charge on any atom is -0.491 e. The molecule has 3 nitrogen and oxygen atoms in total. The molecule has 0 saturated carbocycles. The van der Waals surface area contributed by atoms with Crippen molar-refractivity contribution >= 4 is 23.2 Å². The van der Waals surface area contributed by atoms with Gasteiger partial charge in [0.1, 0.15) is 12.4 Å². The van der Waals surface area contributed by atoms with Gasteiger partial charge >= 0.3 is 0 Å². The molecule has 0 unspecified atom stereocenters. The summed E-state index contributed by atoms with van der Waals surface area (Å²) in [6.45, 7) is 3.07. The molecule has 0 atom stereocenters. The van der Waals surface area contributed by atoms with Crippen molar-refractivity contribution in [2.24, 2.45) is 0 Å². The van der Waals surface area contributed by atoms with Gasteiger partial charge in [0.25, 0.3) is 0 Å². The highest BCUT2D eigenvalue weighted by Crippen LogP contribution is 2.27. The van der Waals surface area contributed by atoms with Crippen molar-refractivity contribution < 1.29 is 9.47 Å². The fourth-order valence-corrected chi connectivity index (χ4v) is 2.25. The van der Waals surface area contributed by atoms with Gasteiger partial charge < -0.3 is 14.8 Å². The van der Waals surface area contributed by atoms with E-state index in [1.807, 2.05) is 0 Å². The number of hydrogen-bond donors (Lipinski definition) is 1. The highest BCUT2D eigenvalue weighted by atomic mass is 35.5. The third-order valence-electron chi connectivity index (χ3n) is 2.91. The molecule has 1 aromatic carbocycles. The van der Waals surface area contributed by atoms with E-state index in [1.54, 1.807) is 18.2 Å². The van der Waals surface area contributed by atoms with Gasteiger partial charge in [-0.1, -0.05) is 23.2 Å². The first-order chi connectivity index (χ1) is 8.75. The van der Waals surface area contributed by atoms with E-state index in [9.17, 15) is 0 Å². The Kier molecular flexibility index (Phi) is 5.57. The second kappa shape index (κ2) is 7.19. The Hall–Kier alpha value is -0.480. The van der Waals surface area contributed by atoms with Gasteiger partial charge in [-0.3, -0.25) is 0 Å². The van der Waals surface area contributed by atoms with E-state index >= 15 is 0 Å². The van der Waals surface area contributed by atoms with Crippen LogP contribution in [0.5, 0.6) is 5.75 Å². The first kappa shape index (κ1) is 13.9. The Bertz CT molecular complexity index is 381. The highest BCUT2D eigenvalue weighted by molar-refractivity contribution is 6.34. The molecule has 1 N–H and O–H groups in total. The topological polar surface area (TPSA) is 30.5 Å². The Labute approximate surface area is 117 Å². The summed E-state index contributed by atoms with van der Waals surface area (Å²) >= 11 is 11.9. The fraction of sp³-hybridized carbons (Fsp3) is 0.538. The minimum absolute atomic E-state index is 0.539. The lowest BCUT2D eigenvalue weighted by atomic mass is 10.1. The molecule has 1 saturated heterocycles. The van der Waals surface area contributed by atoms with Crippen LogP contribution in [0.15, 0.2) is 18.2 Å². The second-order valence-electron chi connectivity index (χ2n) is 4.26. The molecular formula is C13H17Cl2NO2. The Morgan fingerprint density at radius 3 is 2.83 bits per heavy atom. The minimum atomic E-state index is 0.539. The van der Waals surface area contributed by atoms with Crippen molar-refractivity contribution in [2.75, 3.05) is 26.4 Å². The molecule has 1 aliphatic rings. The number of hydrogen-bond acceptors (Lipinski definition) is 3. The van der Waals surface area contributed by atoms with Gasteiger partial charge in [0.15, 0.2) is 0 Å². The molecule has 0 amide bonds. The van der Waals surface area contributed by atoms with Crippen LogP contribution in [0.1, 0.15) is 12.8 Å². The molecule has 2 rings (SSSR count). The molecule has 0 bridgehead atoms. The van der Waals surface area contributed by atoms with E-state index in [-0.39, 0.29) is 0 Å². The normalized spacial score (nSPS) is 16.8. The van der Waals surface area contributed by atoms with E-state index < -0.39 is 0 Å². The number of halogens is 2. The van der Waals surface area contributed by atoms with Crippen molar-refractivity contribution in [2.45, 2.75) is 18.9 Å². The summed E-state index contributed by atoms with van der Waals surface area (Å²) in [5.74, 6) is 0.637. The highest BCUT2D eigenvalue weighted by Gasteiger charge is 2.12. The van der Waals surface area contributed by atoms with Crippen molar-refractivity contribution in [1.29, 1.82) is 0 Å². The summed E-state index contributed by atoms with van der Waals surface area (Å²) in [6, 6.07) is 5.76. The summed E-state index contributed by atoms with van der Waals surface area (Å²) in [4.78, 5) is 0. The standard InChI is InChI=1S/C13H17Cl2NO2/c14-10-1-2-12(15)13(9-10)18-8-5-16-11-3-6-17-7-4-11/h1-2,9,11,16H,3-8H2. The molecule has 0 aliphatic carbocycles. The summed E-state index contributed by atoms with van der Waals surface area (Å²) in [5, 5.41) is 4.66. The van der Waals surface area contributed by atoms with Crippen LogP contribution in [0, 0.1) is 0 Å². The Balaban J connectivity index is 1.69. The van der Waals surface area contributed by atoms with Crippen LogP contribution >= 0.6 is 23.2 Å². The Morgan fingerprint density at radius 1 is 1.28 bits per heavy atom. The van der Waals surface area contributed by atoms with E-state index in [4.69, 9.17) is 32.7 Å². The number of nitrogens with one attached hydrogen (secondary N) is 1. The van der Waals surface area contributed by atoms with E-state index in [1.165, 1.54) is 0 Å². The zero-order chi connectivity index (χ0) is 12.8. The van der Waals surface area contributed by atoms with Gasteiger partial charge in [-0.2, -0.15) is 0 Å². The van der Waals surface area contributed by atoms with Gasteiger partial charge in [-0.05, 0) is 25.0 Å². The quantitative estimate of drug-likeness (QED) is 0.845. The number of benzene rings is 1. The zero-order valence-corrected chi connectivity index (χ0v) is 11.6. The number of rotatable bonds is 5. The molecule has 1 heterocycles. The molecule has 5 heteroatoms. The van der Waals surface area contributed by atoms with Crippen LogP contribution in [0.3, 0.4) is 0 Å². The largest absolute Gasteiger partial charge is 0.491 e. The van der Waals surface area contributed by atoms with E-state index in [0.717, 1.165) is 32.6 Å². The van der Waals surface area contributed by atoms with Gasteiger partial charge in [-0.15, -0.1) is 0 Å². The molecule has 0 spiro atoms. The van der Waals surface area contributed by atoms with Crippen LogP contribution < -0.4 is 10.1 Å². The van der Waals surface area contributed by atoms with Crippen LogP contribution in [0.2, 0.25) is 10.0 Å². The van der Waals surface area contributed by atoms with Gasteiger partial charge in [0, 0.05) is 36.9 Å². The van der Waals surface area contributed by atoms with Crippen LogP contribution in [-0.2, 0) is 4.74 Å². The molecule has 1 fully saturated rings. The first-order valence-electron chi connectivity index (χ1n) is 6.14. The second-order valence-corrected chi connectivity index (χ2v) is 5.11. The average molecular weight is 290 g/mol. The molecule has 100 valence electrons. The smallest absolute Gasteiger partial charge is 0.139 e. The lowest BCUT2D eigenvalue weighted by Gasteiger charge is -2.23. The lowest BCUT2D eigenvalue weighted by Crippen LogP contribution is -2.37. The van der Waals surface area contributed by atoms with Crippen LogP contribution in [-0.4, -0.2) is 32.4 Å². The molecule has 18 heavy (non-hydrogen) atoms. The fourth-order valence-electron chi connectivity index (χ4n) is 1.91. The van der Waals surface area contributed by atoms with Gasteiger partial charge in [0.2, 0.25) is 0 Å². The molecule has 0 aromatic heterocycles. The zero-order valence-electron chi connectivity index (χ0n) is 10.1. The van der Waals surface area contributed by atoms with Crippen molar-refractivity contribution in [3.8, 4) is 5.75 Å². The summed E-state index contributed by atoms with van der Waals surface area (Å²) in [5.41, 5.74) is 0. The lowest BCUT2D eigenvalue weighted by molar-refractivity contribution is 0.0770.